The number of amides is 1. The number of carboxylic acids is 1. The Balaban J connectivity index is 3.30. The van der Waals surface area contributed by atoms with Gasteiger partial charge in [0.1, 0.15) is 6.04 Å². The summed E-state index contributed by atoms with van der Waals surface area (Å²) < 4.78 is 0. The molecule has 4 N–H and O–H groups in total. The summed E-state index contributed by atoms with van der Waals surface area (Å²) in [6, 6.07) is -0.800. The molecule has 0 radical (unpaired) electrons. The maximum Gasteiger partial charge on any atom is 0.326 e. The molecule has 5 heteroatoms. The molecular formula is C27H54N2O3. The average Bonchev–Trinajstić information content (AvgIpc) is 2.78. The summed E-state index contributed by atoms with van der Waals surface area (Å²) in [5.41, 5.74) is 5.42. The Hall–Kier alpha value is -1.10. The van der Waals surface area contributed by atoms with Gasteiger partial charge in [0.15, 0.2) is 0 Å². The minimum absolute atomic E-state index is 0.151. The fourth-order valence-electron chi connectivity index (χ4n) is 4.21. The second kappa shape index (κ2) is 24.5. The van der Waals surface area contributed by atoms with E-state index in [0.717, 1.165) is 12.8 Å². The molecule has 0 aliphatic carbocycles. The highest BCUT2D eigenvalue weighted by atomic mass is 16.4. The third-order valence-electron chi connectivity index (χ3n) is 6.34. The van der Waals surface area contributed by atoms with Gasteiger partial charge in [-0.3, -0.25) is 4.79 Å². The van der Waals surface area contributed by atoms with E-state index in [1.807, 2.05) is 0 Å². The molecule has 32 heavy (non-hydrogen) atoms. The van der Waals surface area contributed by atoms with Crippen molar-refractivity contribution in [3.8, 4) is 0 Å². The average molecular weight is 455 g/mol. The van der Waals surface area contributed by atoms with Crippen molar-refractivity contribution in [3.63, 3.8) is 0 Å². The minimum Gasteiger partial charge on any atom is -0.480 e. The lowest BCUT2D eigenvalue weighted by Crippen LogP contribution is -2.40. The van der Waals surface area contributed by atoms with Gasteiger partial charge in [-0.25, -0.2) is 4.79 Å². The molecule has 0 aromatic rings. The standard InChI is InChI=1S/C27H54N2O3/c1-2-3-4-5-6-7-8-9-10-11-12-13-14-15-16-17-18-19-20-23-26(30)29-25(27(31)32)22-21-24-28/h25H,2-24,28H2,1H3,(H,29,30)(H,31,32)/t25-/m0/s1. The zero-order valence-corrected chi connectivity index (χ0v) is 21.2. The molecule has 0 saturated heterocycles. The number of aliphatic carboxylic acids is 1. The van der Waals surface area contributed by atoms with E-state index in [2.05, 4.69) is 12.2 Å². The topological polar surface area (TPSA) is 92.4 Å². The maximum atomic E-state index is 11.9. The third-order valence-corrected chi connectivity index (χ3v) is 6.34. The lowest BCUT2D eigenvalue weighted by Gasteiger charge is -2.13. The van der Waals surface area contributed by atoms with Crippen molar-refractivity contribution >= 4 is 11.9 Å². The molecule has 0 fully saturated rings. The molecule has 1 atom stereocenters. The van der Waals surface area contributed by atoms with Crippen LogP contribution in [0.3, 0.4) is 0 Å². The molecule has 0 unspecified atom stereocenters. The van der Waals surface area contributed by atoms with Crippen molar-refractivity contribution in [2.24, 2.45) is 5.73 Å². The Morgan fingerprint density at radius 1 is 0.656 bits per heavy atom. The van der Waals surface area contributed by atoms with Crippen LogP contribution in [-0.4, -0.2) is 29.6 Å². The minimum atomic E-state index is -0.972. The van der Waals surface area contributed by atoms with Crippen LogP contribution in [0.1, 0.15) is 148 Å². The van der Waals surface area contributed by atoms with Gasteiger partial charge in [-0.1, -0.05) is 122 Å². The van der Waals surface area contributed by atoms with Gasteiger partial charge in [-0.05, 0) is 25.8 Å². The lowest BCUT2D eigenvalue weighted by atomic mass is 10.0. The largest absolute Gasteiger partial charge is 0.480 e. The predicted octanol–water partition coefficient (Wildman–Crippen LogP) is 7.12. The van der Waals surface area contributed by atoms with Crippen LogP contribution in [0.5, 0.6) is 0 Å². The van der Waals surface area contributed by atoms with E-state index in [4.69, 9.17) is 10.8 Å². The van der Waals surface area contributed by atoms with E-state index in [-0.39, 0.29) is 5.91 Å². The summed E-state index contributed by atoms with van der Waals surface area (Å²) in [5, 5.41) is 11.7. The molecule has 5 nitrogen and oxygen atoms in total. The molecule has 0 aromatic heterocycles. The number of carboxylic acid groups (broad SMARTS) is 1. The highest BCUT2D eigenvalue weighted by Gasteiger charge is 2.18. The second-order valence-corrected chi connectivity index (χ2v) is 9.50. The monoisotopic (exact) mass is 454 g/mol. The number of nitrogens with one attached hydrogen (secondary N) is 1. The molecule has 0 aromatic carbocycles. The zero-order chi connectivity index (χ0) is 23.7. The molecule has 190 valence electrons. The van der Waals surface area contributed by atoms with Crippen LogP contribution >= 0.6 is 0 Å². The molecule has 0 spiro atoms. The van der Waals surface area contributed by atoms with Crippen LogP contribution in [0.2, 0.25) is 0 Å². The molecule has 0 heterocycles. The molecular weight excluding hydrogens is 400 g/mol. The fraction of sp³-hybridized carbons (Fsp3) is 0.926. The molecule has 0 aliphatic heterocycles. The van der Waals surface area contributed by atoms with Crippen molar-refractivity contribution in [2.45, 2.75) is 154 Å². The van der Waals surface area contributed by atoms with Crippen LogP contribution in [-0.2, 0) is 9.59 Å². The number of hydrogen-bond donors (Lipinski definition) is 3. The normalized spacial score (nSPS) is 12.1. The van der Waals surface area contributed by atoms with Crippen molar-refractivity contribution in [2.75, 3.05) is 6.54 Å². The Morgan fingerprint density at radius 3 is 1.38 bits per heavy atom. The Morgan fingerprint density at radius 2 is 1.03 bits per heavy atom. The molecule has 0 bridgehead atoms. The number of nitrogens with two attached hydrogens (primary N) is 1. The maximum absolute atomic E-state index is 11.9. The van der Waals surface area contributed by atoms with E-state index < -0.39 is 12.0 Å². The van der Waals surface area contributed by atoms with E-state index >= 15 is 0 Å². The quantitative estimate of drug-likeness (QED) is 0.128. The van der Waals surface area contributed by atoms with Crippen molar-refractivity contribution in [3.05, 3.63) is 0 Å². The van der Waals surface area contributed by atoms with Gasteiger partial charge in [0.05, 0.1) is 0 Å². The van der Waals surface area contributed by atoms with Gasteiger partial charge < -0.3 is 16.2 Å². The molecule has 0 aliphatic rings. The van der Waals surface area contributed by atoms with Crippen molar-refractivity contribution in [1.82, 2.24) is 5.32 Å². The van der Waals surface area contributed by atoms with Crippen LogP contribution < -0.4 is 11.1 Å². The van der Waals surface area contributed by atoms with Crippen molar-refractivity contribution < 1.29 is 14.7 Å². The van der Waals surface area contributed by atoms with Gasteiger partial charge in [-0.2, -0.15) is 0 Å². The van der Waals surface area contributed by atoms with Gasteiger partial charge >= 0.3 is 5.97 Å². The van der Waals surface area contributed by atoms with E-state index in [1.54, 1.807) is 0 Å². The number of carbonyl (C=O) groups is 2. The summed E-state index contributed by atoms with van der Waals surface area (Å²) in [6.45, 7) is 2.72. The van der Waals surface area contributed by atoms with Gasteiger partial charge in [-0.15, -0.1) is 0 Å². The lowest BCUT2D eigenvalue weighted by molar-refractivity contribution is -0.142. The van der Waals surface area contributed by atoms with E-state index in [0.29, 0.717) is 25.8 Å². The van der Waals surface area contributed by atoms with Crippen LogP contribution in [0, 0.1) is 0 Å². The van der Waals surface area contributed by atoms with Gasteiger partial charge in [0.25, 0.3) is 0 Å². The summed E-state index contributed by atoms with van der Waals surface area (Å²) in [5.74, 6) is -1.12. The van der Waals surface area contributed by atoms with Crippen LogP contribution in [0.4, 0.5) is 0 Å². The number of unbranched alkanes of at least 4 members (excludes halogenated alkanes) is 18. The Bertz CT molecular complexity index is 429. The highest BCUT2D eigenvalue weighted by molar-refractivity contribution is 5.83. The Labute approximate surface area is 198 Å². The number of rotatable bonds is 25. The predicted molar refractivity (Wildman–Crippen MR) is 136 cm³/mol. The summed E-state index contributed by atoms with van der Waals surface area (Å²) in [6.07, 6.45) is 26.7. The SMILES string of the molecule is CCCCCCCCCCCCCCCCCCCCCC(=O)N[C@@H](CCCN)C(=O)O. The van der Waals surface area contributed by atoms with Crippen LogP contribution in [0.15, 0.2) is 0 Å². The van der Waals surface area contributed by atoms with Gasteiger partial charge in [0.2, 0.25) is 5.91 Å². The van der Waals surface area contributed by atoms with E-state index in [9.17, 15) is 9.59 Å². The van der Waals surface area contributed by atoms with Gasteiger partial charge in [0, 0.05) is 6.42 Å². The highest BCUT2D eigenvalue weighted by Crippen LogP contribution is 2.14. The van der Waals surface area contributed by atoms with E-state index in [1.165, 1.54) is 109 Å². The first-order valence-electron chi connectivity index (χ1n) is 13.8. The number of hydrogen-bond acceptors (Lipinski definition) is 3. The van der Waals surface area contributed by atoms with Crippen LogP contribution in [0.25, 0.3) is 0 Å². The molecule has 0 rings (SSSR count). The molecule has 0 saturated carbocycles. The smallest absolute Gasteiger partial charge is 0.326 e. The first-order valence-corrected chi connectivity index (χ1v) is 13.8. The first-order chi connectivity index (χ1) is 15.6. The number of carbonyl (C=O) groups excluding carboxylic acids is 1. The first kappa shape index (κ1) is 30.9. The third kappa shape index (κ3) is 22.1. The summed E-state index contributed by atoms with van der Waals surface area (Å²) >= 11 is 0. The second-order valence-electron chi connectivity index (χ2n) is 9.50. The summed E-state index contributed by atoms with van der Waals surface area (Å²) in [4.78, 5) is 23.0. The van der Waals surface area contributed by atoms with Crippen molar-refractivity contribution in [1.29, 1.82) is 0 Å². The summed E-state index contributed by atoms with van der Waals surface area (Å²) in [7, 11) is 0. The zero-order valence-electron chi connectivity index (χ0n) is 21.2. The molecule has 1 amide bonds. The Kier molecular flexibility index (Phi) is 23.7. The fourth-order valence-corrected chi connectivity index (χ4v) is 4.21.